The minimum atomic E-state index is -2.00. The second kappa shape index (κ2) is 10.4. The van der Waals surface area contributed by atoms with Crippen molar-refractivity contribution in [2.45, 2.75) is 117 Å². The van der Waals surface area contributed by atoms with Crippen molar-refractivity contribution in [1.82, 2.24) is 0 Å². The first kappa shape index (κ1) is 33.7. The highest BCUT2D eigenvalue weighted by Gasteiger charge is 2.81. The Bertz CT molecular complexity index is 1520. The molecule has 6 fully saturated rings. The fraction of sp³-hybridized carbons (Fsp3) is 0.806. The number of carbonyl (C=O) groups is 5. The number of esters is 4. The van der Waals surface area contributed by atoms with Crippen molar-refractivity contribution in [2.24, 2.45) is 63.6 Å². The number of hydrogen-bond acceptors (Lipinski definition) is 12. The highest BCUT2D eigenvalue weighted by molar-refractivity contribution is 5.88. The highest BCUT2D eigenvalue weighted by atomic mass is 16.6. The fourth-order valence-corrected chi connectivity index (χ4v) is 11.9. The van der Waals surface area contributed by atoms with E-state index in [1.807, 2.05) is 26.8 Å². The van der Waals surface area contributed by atoms with Gasteiger partial charge < -0.3 is 33.9 Å². The topological polar surface area (TPSA) is 175 Å². The van der Waals surface area contributed by atoms with Crippen molar-refractivity contribution in [3.8, 4) is 0 Å². The molecule has 7 rings (SSSR count). The van der Waals surface area contributed by atoms with Gasteiger partial charge in [-0.2, -0.15) is 0 Å². The molecule has 2 saturated heterocycles. The Balaban J connectivity index is 1.45. The summed E-state index contributed by atoms with van der Waals surface area (Å²) in [6, 6.07) is 0. The quantitative estimate of drug-likeness (QED) is 0.254. The summed E-state index contributed by atoms with van der Waals surface area (Å²) in [5.41, 5.74) is -5.39. The van der Waals surface area contributed by atoms with Crippen LogP contribution in [0.2, 0.25) is 0 Å². The number of aliphatic hydroxyl groups is 2. The first-order chi connectivity index (χ1) is 22.2. The van der Waals surface area contributed by atoms with E-state index in [0.717, 1.165) is 0 Å². The maximum absolute atomic E-state index is 14.4. The van der Waals surface area contributed by atoms with Gasteiger partial charge in [0.15, 0.2) is 11.4 Å². The van der Waals surface area contributed by atoms with Crippen LogP contribution in [0.25, 0.3) is 0 Å². The van der Waals surface area contributed by atoms with E-state index in [1.54, 1.807) is 20.8 Å². The smallest absolute Gasteiger partial charge is 0.343 e. The van der Waals surface area contributed by atoms with Gasteiger partial charge in [0.25, 0.3) is 0 Å². The van der Waals surface area contributed by atoms with Crippen molar-refractivity contribution in [2.75, 3.05) is 0 Å². The van der Waals surface area contributed by atoms with Gasteiger partial charge in [0.05, 0.1) is 17.4 Å². The Kier molecular flexibility index (Phi) is 7.26. The van der Waals surface area contributed by atoms with E-state index >= 15 is 0 Å². The monoisotopic (exact) mass is 672 g/mol. The van der Waals surface area contributed by atoms with Gasteiger partial charge in [-0.05, 0) is 50.5 Å². The number of fused-ring (bicyclic) bond motifs is 10. The molecule has 5 aliphatic carbocycles. The van der Waals surface area contributed by atoms with Crippen molar-refractivity contribution >= 4 is 29.7 Å². The van der Waals surface area contributed by atoms with Gasteiger partial charge in [0, 0.05) is 48.3 Å². The minimum absolute atomic E-state index is 0.240. The van der Waals surface area contributed by atoms with Crippen LogP contribution in [-0.2, 0) is 47.7 Å². The number of epoxide rings is 1. The molecule has 0 aromatic heterocycles. The van der Waals surface area contributed by atoms with Crippen molar-refractivity contribution in [3.05, 3.63) is 11.8 Å². The Hall–Kier alpha value is -2.83. The number of ether oxygens (including phenoxy) is 5. The van der Waals surface area contributed by atoms with Gasteiger partial charge in [0.1, 0.15) is 36.3 Å². The Morgan fingerprint density at radius 3 is 2.19 bits per heavy atom. The van der Waals surface area contributed by atoms with E-state index in [2.05, 4.69) is 0 Å². The third kappa shape index (κ3) is 4.02. The summed E-state index contributed by atoms with van der Waals surface area (Å²) in [5, 5.41) is 24.0. The maximum Gasteiger partial charge on any atom is 0.343 e. The number of Topliss-reactive ketones (excluding diaryl/α,β-unsaturated/α-hetero) is 1. The molecule has 0 amide bonds. The van der Waals surface area contributed by atoms with Crippen molar-refractivity contribution < 1.29 is 57.9 Å². The summed E-state index contributed by atoms with van der Waals surface area (Å²) >= 11 is 0. The van der Waals surface area contributed by atoms with E-state index < -0.39 is 118 Å². The fourth-order valence-electron chi connectivity index (χ4n) is 11.9. The minimum Gasteiger partial charge on any atom is -0.462 e. The lowest BCUT2D eigenvalue weighted by Crippen LogP contribution is -2.70. The van der Waals surface area contributed by atoms with Crippen LogP contribution in [-0.4, -0.2) is 82.1 Å². The molecule has 12 heteroatoms. The molecule has 0 radical (unpaired) electrons. The Morgan fingerprint density at radius 2 is 1.58 bits per heavy atom. The lowest BCUT2D eigenvalue weighted by molar-refractivity contribution is -0.235. The van der Waals surface area contributed by atoms with E-state index in [-0.39, 0.29) is 30.0 Å². The Labute approximate surface area is 280 Å². The normalized spacial score (nSPS) is 52.8. The number of allylic oxidation sites excluding steroid dienone is 1. The zero-order valence-electron chi connectivity index (χ0n) is 29.1. The van der Waals surface area contributed by atoms with Gasteiger partial charge in [-0.1, -0.05) is 34.6 Å². The van der Waals surface area contributed by atoms with Crippen LogP contribution in [0.5, 0.6) is 0 Å². The number of carbonyl (C=O) groups excluding carboxylic acids is 5. The van der Waals surface area contributed by atoms with Crippen molar-refractivity contribution in [3.63, 3.8) is 0 Å². The standard InChI is InChI=1S/C36H48O12/c1-13(2)31(41)48-30-28-19(46-28)11-18-26(39)27(40)22-17(33(18,30)6)12-20(44-15(4)37)34(7)23-14(3)10-21-35(8,36(9,43)32(42)47-21)25(23)29(24(22)34)45-16(5)38/h10,13-14,17-20,22-25,27-30,40,43H,11-12H2,1-9H3/t14-,17?,18?,19+,20+,22?,23?,24?,25?,27-,28+,29-,30+,33-,34-,35+,36-/m1/s1. The third-order valence-corrected chi connectivity index (χ3v) is 14.2. The summed E-state index contributed by atoms with van der Waals surface area (Å²) in [7, 11) is 0. The molecule has 48 heavy (non-hydrogen) atoms. The number of hydrogen-bond donors (Lipinski definition) is 2. The van der Waals surface area contributed by atoms with Crippen LogP contribution in [0.1, 0.15) is 75.2 Å². The maximum atomic E-state index is 14.4. The lowest BCUT2D eigenvalue weighted by atomic mass is 9.42. The first-order valence-corrected chi connectivity index (χ1v) is 17.3. The van der Waals surface area contributed by atoms with E-state index in [1.165, 1.54) is 20.8 Å². The van der Waals surface area contributed by atoms with Crippen LogP contribution >= 0.6 is 0 Å². The predicted molar refractivity (Wildman–Crippen MR) is 164 cm³/mol. The molecule has 2 N–H and O–H groups in total. The molecule has 7 aliphatic rings. The van der Waals surface area contributed by atoms with Crippen LogP contribution in [0, 0.1) is 63.6 Å². The number of aliphatic hydroxyl groups excluding tert-OH is 1. The molecule has 0 spiro atoms. The molecule has 0 aromatic rings. The van der Waals surface area contributed by atoms with Crippen LogP contribution < -0.4 is 0 Å². The lowest BCUT2D eigenvalue weighted by Gasteiger charge is -2.63. The molecule has 17 atom stereocenters. The molecular weight excluding hydrogens is 624 g/mol. The average molecular weight is 673 g/mol. The predicted octanol–water partition coefficient (Wildman–Crippen LogP) is 2.51. The van der Waals surface area contributed by atoms with Gasteiger partial charge in [-0.15, -0.1) is 0 Å². The van der Waals surface area contributed by atoms with Gasteiger partial charge in [-0.25, -0.2) is 4.79 Å². The third-order valence-electron chi connectivity index (χ3n) is 14.2. The van der Waals surface area contributed by atoms with Crippen LogP contribution in [0.15, 0.2) is 11.8 Å². The Morgan fingerprint density at radius 1 is 0.938 bits per heavy atom. The van der Waals surface area contributed by atoms with E-state index in [0.29, 0.717) is 6.42 Å². The zero-order chi connectivity index (χ0) is 35.2. The summed E-state index contributed by atoms with van der Waals surface area (Å²) < 4.78 is 30.4. The van der Waals surface area contributed by atoms with Gasteiger partial charge >= 0.3 is 23.9 Å². The summed E-state index contributed by atoms with van der Waals surface area (Å²) in [4.78, 5) is 66.7. The first-order valence-electron chi connectivity index (χ1n) is 17.3. The molecule has 0 bridgehead atoms. The highest BCUT2D eigenvalue weighted by Crippen LogP contribution is 2.75. The SMILES string of the molecule is CC(=O)O[C@@H]1C2C3C(C[C@H](OC(C)=O)[C@]2(C)C2C1[C@]1(C)C(=C[C@H]2C)OC(=O)[C@@]1(C)O)[C@]1(C)C(C[C@@H]2O[C@@H]2[C@@H]1OC(=O)C(C)C)C(=O)[C@@H]3O. The second-order valence-electron chi connectivity index (χ2n) is 16.7. The van der Waals surface area contributed by atoms with Crippen LogP contribution in [0.3, 0.4) is 0 Å². The van der Waals surface area contributed by atoms with E-state index in [9.17, 15) is 34.2 Å². The zero-order valence-corrected chi connectivity index (χ0v) is 29.1. The number of rotatable bonds is 4. The van der Waals surface area contributed by atoms with Crippen molar-refractivity contribution in [1.29, 1.82) is 0 Å². The summed E-state index contributed by atoms with van der Waals surface area (Å²) in [6.07, 6.45) is -2.35. The largest absolute Gasteiger partial charge is 0.462 e. The molecule has 2 heterocycles. The molecule has 4 saturated carbocycles. The molecular formula is C36H48O12. The van der Waals surface area contributed by atoms with E-state index in [4.69, 9.17) is 23.7 Å². The van der Waals surface area contributed by atoms with Crippen LogP contribution in [0.4, 0.5) is 0 Å². The summed E-state index contributed by atoms with van der Waals surface area (Å²) in [5.74, 6) is -7.22. The second-order valence-corrected chi connectivity index (χ2v) is 16.7. The molecule has 0 aromatic carbocycles. The van der Waals surface area contributed by atoms with Gasteiger partial charge in [-0.3, -0.25) is 19.2 Å². The number of ketones is 1. The molecule has 12 nitrogen and oxygen atoms in total. The molecule has 6 unspecified atom stereocenters. The summed E-state index contributed by atoms with van der Waals surface area (Å²) in [6.45, 7) is 15.0. The average Bonchev–Trinajstić information content (AvgIpc) is 3.67. The molecule has 264 valence electrons. The van der Waals surface area contributed by atoms with Gasteiger partial charge in [0.2, 0.25) is 0 Å². The molecule has 2 aliphatic heterocycles.